The van der Waals surface area contributed by atoms with Crippen molar-refractivity contribution in [2.24, 2.45) is 0 Å². The van der Waals surface area contributed by atoms with Crippen LogP contribution in [-0.4, -0.2) is 18.6 Å². The van der Waals surface area contributed by atoms with Gasteiger partial charge in [-0.1, -0.05) is 0 Å². The van der Waals surface area contributed by atoms with Gasteiger partial charge in [0, 0.05) is 12.1 Å². The Labute approximate surface area is 111 Å². The summed E-state index contributed by atoms with van der Waals surface area (Å²) in [4.78, 5) is -0.988. The molecule has 6 nitrogen and oxygen atoms in total. The second-order valence-corrected chi connectivity index (χ2v) is 5.54. The van der Waals surface area contributed by atoms with Gasteiger partial charge in [0.15, 0.2) is 17.5 Å². The minimum atomic E-state index is -4.35. The fourth-order valence-corrected chi connectivity index (χ4v) is 2.50. The Morgan fingerprint density at radius 2 is 1.95 bits per heavy atom. The van der Waals surface area contributed by atoms with Gasteiger partial charge in [-0.05, 0) is 12.1 Å². The van der Waals surface area contributed by atoms with Gasteiger partial charge < -0.3 is 5.73 Å². The van der Waals surface area contributed by atoms with E-state index in [0.717, 1.165) is 0 Å². The van der Waals surface area contributed by atoms with Crippen LogP contribution in [0, 0.1) is 17.5 Å². The predicted molar refractivity (Wildman–Crippen MR) is 63.3 cm³/mol. The quantitative estimate of drug-likeness (QED) is 0.730. The van der Waals surface area contributed by atoms with Gasteiger partial charge in [0.25, 0.3) is 0 Å². The first-order valence-corrected chi connectivity index (χ1v) is 6.72. The van der Waals surface area contributed by atoms with Gasteiger partial charge in [-0.3, -0.25) is 5.10 Å². The number of nitrogens with two attached hydrogens (primary N) is 1. The van der Waals surface area contributed by atoms with Crippen LogP contribution in [0.1, 0.15) is 5.56 Å². The number of hydrogen-bond donors (Lipinski definition) is 3. The molecule has 0 spiro atoms. The lowest BCUT2D eigenvalue weighted by Crippen LogP contribution is -2.25. The molecule has 10 heteroatoms. The largest absolute Gasteiger partial charge is 0.384 e. The van der Waals surface area contributed by atoms with Crippen LogP contribution in [0.15, 0.2) is 23.2 Å². The second kappa shape index (κ2) is 5.13. The summed E-state index contributed by atoms with van der Waals surface area (Å²) in [7, 11) is -4.35. The minimum Gasteiger partial charge on any atom is -0.384 e. The number of anilines is 1. The van der Waals surface area contributed by atoms with Gasteiger partial charge in [-0.15, -0.1) is 0 Å². The highest BCUT2D eigenvalue weighted by atomic mass is 32.2. The molecular formula is C10H9F3N4O2S. The lowest BCUT2D eigenvalue weighted by Gasteiger charge is -2.08. The number of H-pyrrole nitrogens is 1. The Morgan fingerprint density at radius 1 is 1.25 bits per heavy atom. The maximum absolute atomic E-state index is 13.4. The molecule has 0 bridgehead atoms. The van der Waals surface area contributed by atoms with E-state index in [1.165, 1.54) is 6.20 Å². The molecule has 0 amide bonds. The highest BCUT2D eigenvalue weighted by molar-refractivity contribution is 7.89. The van der Waals surface area contributed by atoms with E-state index in [9.17, 15) is 21.6 Å². The van der Waals surface area contributed by atoms with E-state index in [1.54, 1.807) is 0 Å². The fraction of sp³-hybridized carbons (Fsp3) is 0.100. The molecule has 0 saturated heterocycles. The molecule has 108 valence electrons. The van der Waals surface area contributed by atoms with Crippen molar-refractivity contribution in [2.45, 2.75) is 11.4 Å². The SMILES string of the molecule is Nc1[nH]ncc1CNS(=O)(=O)c1ccc(F)c(F)c1F. The third-order valence-electron chi connectivity index (χ3n) is 2.49. The molecule has 0 aliphatic heterocycles. The van der Waals surface area contributed by atoms with Crippen molar-refractivity contribution in [3.8, 4) is 0 Å². The molecule has 0 radical (unpaired) electrons. The molecule has 20 heavy (non-hydrogen) atoms. The standard InChI is InChI=1S/C10H9F3N4O2S/c11-6-1-2-7(9(13)8(6)12)20(18,19)16-4-5-3-15-17-10(5)14/h1-3,16H,4H2,(H3,14,15,17). The number of nitrogens with zero attached hydrogens (tertiary/aromatic N) is 1. The van der Waals surface area contributed by atoms with E-state index in [1.807, 2.05) is 4.72 Å². The van der Waals surface area contributed by atoms with Gasteiger partial charge in [-0.25, -0.2) is 26.3 Å². The first-order valence-electron chi connectivity index (χ1n) is 5.24. The average Bonchev–Trinajstić information content (AvgIpc) is 2.79. The Hall–Kier alpha value is -2.07. The highest BCUT2D eigenvalue weighted by Gasteiger charge is 2.24. The summed E-state index contributed by atoms with van der Waals surface area (Å²) in [6, 6.07) is 1.16. The van der Waals surface area contributed by atoms with E-state index >= 15 is 0 Å². The zero-order chi connectivity index (χ0) is 14.9. The Kier molecular flexibility index (Phi) is 3.68. The predicted octanol–water partition coefficient (Wildman–Crippen LogP) is 0.888. The number of aromatic amines is 1. The molecule has 2 aromatic rings. The van der Waals surface area contributed by atoms with E-state index in [-0.39, 0.29) is 12.4 Å². The van der Waals surface area contributed by atoms with E-state index in [2.05, 4.69) is 10.2 Å². The van der Waals surface area contributed by atoms with Crippen LogP contribution in [0.2, 0.25) is 0 Å². The molecule has 0 aliphatic rings. The number of nitrogens with one attached hydrogen (secondary N) is 2. The number of sulfonamides is 1. The molecule has 0 atom stereocenters. The first kappa shape index (κ1) is 14.3. The van der Waals surface area contributed by atoms with Crippen LogP contribution in [-0.2, 0) is 16.6 Å². The van der Waals surface area contributed by atoms with Crippen molar-refractivity contribution in [2.75, 3.05) is 5.73 Å². The molecule has 2 rings (SSSR count). The summed E-state index contributed by atoms with van der Waals surface area (Å²) < 4.78 is 64.8. The Bertz CT molecular complexity index is 745. The monoisotopic (exact) mass is 306 g/mol. The molecule has 0 aliphatic carbocycles. The summed E-state index contributed by atoms with van der Waals surface area (Å²) in [5.41, 5.74) is 5.78. The summed E-state index contributed by atoms with van der Waals surface area (Å²) in [5.74, 6) is -4.97. The van der Waals surface area contributed by atoms with Crippen molar-refractivity contribution < 1.29 is 21.6 Å². The van der Waals surface area contributed by atoms with E-state index in [0.29, 0.717) is 17.7 Å². The molecular weight excluding hydrogens is 297 g/mol. The van der Waals surface area contributed by atoms with Crippen LogP contribution in [0.5, 0.6) is 0 Å². The lowest BCUT2D eigenvalue weighted by molar-refractivity contribution is 0.431. The molecule has 1 aromatic carbocycles. The normalized spacial score (nSPS) is 11.8. The van der Waals surface area contributed by atoms with Crippen LogP contribution in [0.25, 0.3) is 0 Å². The number of halogens is 3. The zero-order valence-electron chi connectivity index (χ0n) is 9.82. The van der Waals surface area contributed by atoms with Gasteiger partial charge in [0.05, 0.1) is 6.20 Å². The molecule has 0 unspecified atom stereocenters. The third kappa shape index (κ3) is 2.60. The molecule has 4 N–H and O–H groups in total. The summed E-state index contributed by atoms with van der Waals surface area (Å²) in [6.45, 7) is -0.275. The minimum absolute atomic E-state index is 0.137. The van der Waals surface area contributed by atoms with Crippen LogP contribution in [0.3, 0.4) is 0 Å². The van der Waals surface area contributed by atoms with Crippen LogP contribution >= 0.6 is 0 Å². The number of rotatable bonds is 4. The number of hydrogen-bond acceptors (Lipinski definition) is 4. The molecule has 1 heterocycles. The summed E-state index contributed by atoms with van der Waals surface area (Å²) in [5, 5.41) is 5.95. The van der Waals surface area contributed by atoms with Gasteiger partial charge >= 0.3 is 0 Å². The molecule has 0 fully saturated rings. The number of nitrogen functional groups attached to an aromatic ring is 1. The van der Waals surface area contributed by atoms with Crippen LogP contribution in [0.4, 0.5) is 19.0 Å². The van der Waals surface area contributed by atoms with Crippen molar-refractivity contribution in [1.82, 2.24) is 14.9 Å². The molecule has 0 saturated carbocycles. The van der Waals surface area contributed by atoms with Crippen molar-refractivity contribution in [3.05, 3.63) is 41.3 Å². The van der Waals surface area contributed by atoms with Gasteiger partial charge in [0.1, 0.15) is 10.7 Å². The molecule has 1 aromatic heterocycles. The smallest absolute Gasteiger partial charge is 0.243 e. The van der Waals surface area contributed by atoms with Crippen molar-refractivity contribution >= 4 is 15.8 Å². The number of aromatic nitrogens is 2. The topological polar surface area (TPSA) is 101 Å². The van der Waals surface area contributed by atoms with Gasteiger partial charge in [-0.2, -0.15) is 5.10 Å². The second-order valence-electron chi connectivity index (χ2n) is 3.81. The highest BCUT2D eigenvalue weighted by Crippen LogP contribution is 2.20. The van der Waals surface area contributed by atoms with Crippen molar-refractivity contribution in [3.63, 3.8) is 0 Å². The zero-order valence-corrected chi connectivity index (χ0v) is 10.6. The average molecular weight is 306 g/mol. The van der Waals surface area contributed by atoms with Crippen LogP contribution < -0.4 is 10.5 Å². The van der Waals surface area contributed by atoms with Gasteiger partial charge in [0.2, 0.25) is 10.0 Å². The summed E-state index contributed by atoms with van der Waals surface area (Å²) >= 11 is 0. The fourth-order valence-electron chi connectivity index (χ4n) is 1.43. The third-order valence-corrected chi connectivity index (χ3v) is 3.91. The number of benzene rings is 1. The maximum atomic E-state index is 13.4. The summed E-state index contributed by atoms with van der Waals surface area (Å²) in [6.07, 6.45) is 1.28. The van der Waals surface area contributed by atoms with E-state index < -0.39 is 32.4 Å². The Morgan fingerprint density at radius 3 is 2.55 bits per heavy atom. The maximum Gasteiger partial charge on any atom is 0.243 e. The first-order chi connectivity index (χ1) is 9.33. The van der Waals surface area contributed by atoms with Crippen molar-refractivity contribution in [1.29, 1.82) is 0 Å². The Balaban J connectivity index is 2.27. The van der Waals surface area contributed by atoms with E-state index in [4.69, 9.17) is 5.73 Å². The lowest BCUT2D eigenvalue weighted by atomic mass is 10.3.